The van der Waals surface area contributed by atoms with Crippen molar-refractivity contribution in [3.05, 3.63) is 77.6 Å². The van der Waals surface area contributed by atoms with E-state index in [1.54, 1.807) is 37.4 Å². The number of para-hydroxylation sites is 2. The molecule has 1 aromatic heterocycles. The number of amides is 2. The maximum absolute atomic E-state index is 12.9. The van der Waals surface area contributed by atoms with E-state index in [1.807, 2.05) is 0 Å². The Morgan fingerprint density at radius 2 is 1.97 bits per heavy atom. The van der Waals surface area contributed by atoms with Crippen molar-refractivity contribution in [2.24, 2.45) is 0 Å². The lowest BCUT2D eigenvalue weighted by atomic mass is 10.1. The molecule has 0 spiro atoms. The Labute approximate surface area is 181 Å². The summed E-state index contributed by atoms with van der Waals surface area (Å²) in [5.41, 5.74) is 0.841. The average Bonchev–Trinajstić information content (AvgIpc) is 3.19. The van der Waals surface area contributed by atoms with Crippen LogP contribution in [0.15, 0.2) is 60.9 Å². The summed E-state index contributed by atoms with van der Waals surface area (Å²) in [5.74, 6) is 0.183. The Hall–Kier alpha value is -3.82. The van der Waals surface area contributed by atoms with Gasteiger partial charge in [-0.2, -0.15) is 23.0 Å². The van der Waals surface area contributed by atoms with Crippen LogP contribution in [0, 0.1) is 0 Å². The summed E-state index contributed by atoms with van der Waals surface area (Å²) in [6.07, 6.45) is -1.45. The molecule has 3 aromatic rings. The number of carbonyl (C=O) groups is 2. The number of rotatable bonds is 3. The summed E-state index contributed by atoms with van der Waals surface area (Å²) in [7, 11) is 1.59. The summed E-state index contributed by atoms with van der Waals surface area (Å²) >= 11 is 0. The zero-order valence-electron chi connectivity index (χ0n) is 17.0. The van der Waals surface area contributed by atoms with Gasteiger partial charge < -0.3 is 15.0 Å². The number of anilines is 1. The molecule has 7 nitrogen and oxygen atoms in total. The van der Waals surface area contributed by atoms with Gasteiger partial charge in [0.25, 0.3) is 5.91 Å². The van der Waals surface area contributed by atoms with Crippen LogP contribution < -0.4 is 15.0 Å². The van der Waals surface area contributed by atoms with Crippen molar-refractivity contribution in [3.8, 4) is 5.75 Å². The van der Waals surface area contributed by atoms with Crippen molar-refractivity contribution in [3.63, 3.8) is 0 Å². The van der Waals surface area contributed by atoms with E-state index in [0.717, 1.165) is 16.8 Å². The van der Waals surface area contributed by atoms with Crippen molar-refractivity contribution in [1.82, 2.24) is 15.1 Å². The van der Waals surface area contributed by atoms with Gasteiger partial charge in [0.15, 0.2) is 0 Å². The summed E-state index contributed by atoms with van der Waals surface area (Å²) in [5, 5.41) is 6.57. The normalized spacial score (nSPS) is 16.2. The topological polar surface area (TPSA) is 76.5 Å². The van der Waals surface area contributed by atoms with Crippen LogP contribution in [0.1, 0.15) is 16.7 Å². The molecule has 0 unspecified atom stereocenters. The zero-order chi connectivity index (χ0) is 22.9. The smallest absolute Gasteiger partial charge is 0.416 e. The molecule has 1 aliphatic heterocycles. The number of aromatic nitrogens is 2. The summed E-state index contributed by atoms with van der Waals surface area (Å²) in [6.45, 7) is -0.0513. The minimum absolute atomic E-state index is 0.0513. The molecule has 0 aliphatic carbocycles. The van der Waals surface area contributed by atoms with Crippen LogP contribution >= 0.6 is 0 Å². The molecule has 2 aromatic carbocycles. The van der Waals surface area contributed by atoms with Crippen LogP contribution in [-0.4, -0.2) is 41.4 Å². The third-order valence-electron chi connectivity index (χ3n) is 5.07. The molecule has 1 aliphatic rings. The predicted molar refractivity (Wildman–Crippen MR) is 110 cm³/mol. The minimum Gasteiger partial charge on any atom is -0.489 e. The number of nitrogens with one attached hydrogen (secondary N) is 1. The number of likely N-dealkylation sites (N-methyl/N-ethyl adjacent to an activating group) is 1. The van der Waals surface area contributed by atoms with E-state index in [-0.39, 0.29) is 18.9 Å². The Morgan fingerprint density at radius 3 is 2.75 bits per heavy atom. The third-order valence-corrected chi connectivity index (χ3v) is 5.07. The number of hydrogen-bond donors (Lipinski definition) is 1. The monoisotopic (exact) mass is 444 g/mol. The highest BCUT2D eigenvalue weighted by atomic mass is 19.4. The molecule has 1 N–H and O–H groups in total. The molecule has 0 radical (unpaired) electrons. The number of benzene rings is 2. The SMILES string of the molecule is CN1C(=O)[C@@H](NC(=O)n2cc(Cc3cccc(C(F)(F)F)c3)cn2)COc2ccccc21. The molecular weight excluding hydrogens is 425 g/mol. The summed E-state index contributed by atoms with van der Waals surface area (Å²) < 4.78 is 45.4. The Bertz CT molecular complexity index is 1160. The fraction of sp³-hybridized carbons (Fsp3) is 0.227. The van der Waals surface area contributed by atoms with Gasteiger partial charge in [-0.3, -0.25) is 4.79 Å². The lowest BCUT2D eigenvalue weighted by Gasteiger charge is -2.20. The fourth-order valence-corrected chi connectivity index (χ4v) is 3.43. The molecule has 2 amide bonds. The molecule has 0 saturated carbocycles. The Balaban J connectivity index is 1.44. The maximum Gasteiger partial charge on any atom is 0.416 e. The van der Waals surface area contributed by atoms with Gasteiger partial charge in [-0.05, 0) is 29.3 Å². The van der Waals surface area contributed by atoms with E-state index in [2.05, 4.69) is 10.4 Å². The van der Waals surface area contributed by atoms with E-state index in [4.69, 9.17) is 4.74 Å². The van der Waals surface area contributed by atoms with Crippen molar-refractivity contribution in [2.75, 3.05) is 18.6 Å². The second-order valence-corrected chi connectivity index (χ2v) is 7.35. The number of hydrogen-bond acceptors (Lipinski definition) is 4. The van der Waals surface area contributed by atoms with Crippen LogP contribution in [0.4, 0.5) is 23.7 Å². The predicted octanol–water partition coefficient (Wildman–Crippen LogP) is 3.47. The molecule has 2 heterocycles. The fourth-order valence-electron chi connectivity index (χ4n) is 3.43. The third kappa shape index (κ3) is 4.43. The van der Waals surface area contributed by atoms with Crippen LogP contribution in [0.2, 0.25) is 0 Å². The van der Waals surface area contributed by atoms with Crippen molar-refractivity contribution < 1.29 is 27.5 Å². The van der Waals surface area contributed by atoms with E-state index in [0.29, 0.717) is 22.6 Å². The molecule has 166 valence electrons. The average molecular weight is 444 g/mol. The lowest BCUT2D eigenvalue weighted by Crippen LogP contribution is -2.50. The van der Waals surface area contributed by atoms with Gasteiger partial charge in [-0.25, -0.2) is 4.79 Å². The number of fused-ring (bicyclic) bond motifs is 1. The second kappa shape index (κ2) is 8.37. The minimum atomic E-state index is -4.43. The molecule has 1 atom stereocenters. The van der Waals surface area contributed by atoms with Gasteiger partial charge >= 0.3 is 12.2 Å². The molecule has 4 rings (SSSR count). The van der Waals surface area contributed by atoms with E-state index >= 15 is 0 Å². The molecule has 10 heteroatoms. The van der Waals surface area contributed by atoms with Gasteiger partial charge in [0.05, 0.1) is 17.4 Å². The standard InChI is InChI=1S/C22H19F3N4O3/c1-28-18-7-2-3-8-19(18)32-13-17(20(28)30)27-21(31)29-12-15(11-26-29)9-14-5-4-6-16(10-14)22(23,24)25/h2-8,10-12,17H,9,13H2,1H3,(H,27,31)/t17-/m0/s1. The van der Waals surface area contributed by atoms with Crippen molar-refractivity contribution in [1.29, 1.82) is 0 Å². The summed E-state index contributed by atoms with van der Waals surface area (Å²) in [6, 6.07) is 10.4. The maximum atomic E-state index is 12.9. The van der Waals surface area contributed by atoms with E-state index in [9.17, 15) is 22.8 Å². The number of carbonyl (C=O) groups excluding carboxylic acids is 2. The van der Waals surface area contributed by atoms with Crippen molar-refractivity contribution >= 4 is 17.6 Å². The molecule has 32 heavy (non-hydrogen) atoms. The van der Waals surface area contributed by atoms with Gasteiger partial charge in [-0.1, -0.05) is 30.3 Å². The first-order valence-corrected chi connectivity index (χ1v) is 9.72. The first kappa shape index (κ1) is 21.4. The molecule has 0 bridgehead atoms. The molecule has 0 fully saturated rings. The number of ether oxygens (including phenoxy) is 1. The van der Waals surface area contributed by atoms with Crippen LogP contribution in [-0.2, 0) is 17.4 Å². The number of alkyl halides is 3. The Morgan fingerprint density at radius 1 is 1.19 bits per heavy atom. The van der Waals surface area contributed by atoms with Gasteiger partial charge in [0, 0.05) is 19.7 Å². The van der Waals surface area contributed by atoms with E-state index < -0.39 is 23.8 Å². The first-order chi connectivity index (χ1) is 15.2. The molecular formula is C22H19F3N4O3. The largest absolute Gasteiger partial charge is 0.489 e. The first-order valence-electron chi connectivity index (χ1n) is 9.72. The highest BCUT2D eigenvalue weighted by Gasteiger charge is 2.31. The zero-order valence-corrected chi connectivity index (χ0v) is 17.0. The highest BCUT2D eigenvalue weighted by molar-refractivity contribution is 6.00. The van der Waals surface area contributed by atoms with Gasteiger partial charge in [-0.15, -0.1) is 0 Å². The lowest BCUT2D eigenvalue weighted by molar-refractivity contribution is -0.137. The highest BCUT2D eigenvalue weighted by Crippen LogP contribution is 2.31. The Kier molecular flexibility index (Phi) is 5.60. The second-order valence-electron chi connectivity index (χ2n) is 7.35. The number of nitrogens with zero attached hydrogens (tertiary/aromatic N) is 3. The number of halogens is 3. The quantitative estimate of drug-likeness (QED) is 0.671. The van der Waals surface area contributed by atoms with Crippen LogP contribution in [0.3, 0.4) is 0 Å². The van der Waals surface area contributed by atoms with Crippen LogP contribution in [0.25, 0.3) is 0 Å². The van der Waals surface area contributed by atoms with Gasteiger partial charge in [0.1, 0.15) is 18.4 Å². The summed E-state index contributed by atoms with van der Waals surface area (Å²) in [4.78, 5) is 26.8. The van der Waals surface area contributed by atoms with Crippen LogP contribution in [0.5, 0.6) is 5.75 Å². The molecule has 0 saturated heterocycles. The van der Waals surface area contributed by atoms with E-state index in [1.165, 1.54) is 23.4 Å². The van der Waals surface area contributed by atoms with Crippen molar-refractivity contribution in [2.45, 2.75) is 18.6 Å². The van der Waals surface area contributed by atoms with Gasteiger partial charge in [0.2, 0.25) is 0 Å².